The summed E-state index contributed by atoms with van der Waals surface area (Å²) in [6, 6.07) is 8.39. The van der Waals surface area contributed by atoms with Gasteiger partial charge in [0.05, 0.1) is 0 Å². The van der Waals surface area contributed by atoms with Gasteiger partial charge in [-0.2, -0.15) is 0 Å². The van der Waals surface area contributed by atoms with Crippen molar-refractivity contribution in [2.45, 2.75) is 58.3 Å². The van der Waals surface area contributed by atoms with E-state index in [1.54, 1.807) is 0 Å². The molecule has 0 bridgehead atoms. The van der Waals surface area contributed by atoms with Crippen LogP contribution in [0.4, 0.5) is 0 Å². The molecule has 1 aromatic rings. The van der Waals surface area contributed by atoms with Crippen LogP contribution in [0.15, 0.2) is 24.3 Å². The summed E-state index contributed by atoms with van der Waals surface area (Å²) in [5, 5.41) is 0. The monoisotopic (exact) mass is 228 g/mol. The minimum atomic E-state index is 0.980. The van der Waals surface area contributed by atoms with Gasteiger partial charge in [0.15, 0.2) is 0 Å². The molecule has 0 aliphatic carbocycles. The summed E-state index contributed by atoms with van der Waals surface area (Å²) >= 11 is 0. The van der Waals surface area contributed by atoms with Crippen LogP contribution in [0.1, 0.15) is 63.0 Å². The Morgan fingerprint density at radius 2 is 1.47 bits per heavy atom. The van der Waals surface area contributed by atoms with Crippen molar-refractivity contribution in [1.29, 1.82) is 0 Å². The molecule has 0 heteroatoms. The molecule has 0 heterocycles. The molecule has 0 atom stereocenters. The Bertz CT molecular complexity index is 326. The average molecular weight is 228 g/mol. The van der Waals surface area contributed by atoms with Crippen molar-refractivity contribution in [3.8, 4) is 12.3 Å². The summed E-state index contributed by atoms with van der Waals surface area (Å²) in [4.78, 5) is 0. The molecule has 1 rings (SSSR count). The molecule has 0 N–H and O–H groups in total. The fourth-order valence-corrected chi connectivity index (χ4v) is 2.05. The van der Waals surface area contributed by atoms with Crippen molar-refractivity contribution in [3.63, 3.8) is 0 Å². The largest absolute Gasteiger partial charge is 0.115 e. The van der Waals surface area contributed by atoms with Gasteiger partial charge in [-0.1, -0.05) is 63.5 Å². The van der Waals surface area contributed by atoms with Gasteiger partial charge < -0.3 is 0 Å². The SMILES string of the molecule is C#Cc1ccc(CCCCCCCCC)cc1. The van der Waals surface area contributed by atoms with E-state index in [9.17, 15) is 0 Å². The molecule has 0 aliphatic heterocycles. The number of rotatable bonds is 8. The summed E-state index contributed by atoms with van der Waals surface area (Å²) in [5.41, 5.74) is 2.39. The number of benzene rings is 1. The number of aryl methyl sites for hydroxylation is 1. The molecular formula is C17H24. The third-order valence-corrected chi connectivity index (χ3v) is 3.19. The maximum atomic E-state index is 5.33. The molecule has 0 unspecified atom stereocenters. The fraction of sp³-hybridized carbons (Fsp3) is 0.529. The smallest absolute Gasteiger partial charge is 0.0242 e. The summed E-state index contributed by atoms with van der Waals surface area (Å²) < 4.78 is 0. The maximum Gasteiger partial charge on any atom is 0.0242 e. The third kappa shape index (κ3) is 6.17. The first-order valence-corrected chi connectivity index (χ1v) is 6.92. The predicted octanol–water partition coefficient (Wildman–Crippen LogP) is 4.96. The van der Waals surface area contributed by atoms with Crippen LogP contribution in [0.25, 0.3) is 0 Å². The van der Waals surface area contributed by atoms with Gasteiger partial charge >= 0.3 is 0 Å². The molecule has 0 saturated carbocycles. The van der Waals surface area contributed by atoms with E-state index in [4.69, 9.17) is 6.42 Å². The lowest BCUT2D eigenvalue weighted by atomic mass is 10.0. The Morgan fingerprint density at radius 1 is 0.882 bits per heavy atom. The van der Waals surface area contributed by atoms with E-state index in [0.717, 1.165) is 5.56 Å². The highest BCUT2D eigenvalue weighted by Gasteiger charge is 1.94. The molecule has 0 spiro atoms. The molecular weight excluding hydrogens is 204 g/mol. The van der Waals surface area contributed by atoms with Crippen molar-refractivity contribution in [1.82, 2.24) is 0 Å². The van der Waals surface area contributed by atoms with Gasteiger partial charge in [0.2, 0.25) is 0 Å². The molecule has 0 nitrogen and oxygen atoms in total. The molecule has 92 valence electrons. The highest BCUT2D eigenvalue weighted by molar-refractivity contribution is 5.34. The zero-order valence-electron chi connectivity index (χ0n) is 11.0. The standard InChI is InChI=1S/C17H24/c1-3-5-6-7-8-9-10-11-17-14-12-16(4-2)13-15-17/h2,12-15H,3,5-11H2,1H3. The Labute approximate surface area is 106 Å². The van der Waals surface area contributed by atoms with Gasteiger partial charge in [-0.05, 0) is 30.5 Å². The highest BCUT2D eigenvalue weighted by atomic mass is 14.0. The van der Waals surface area contributed by atoms with Gasteiger partial charge in [0.1, 0.15) is 0 Å². The van der Waals surface area contributed by atoms with Crippen molar-refractivity contribution in [2.24, 2.45) is 0 Å². The Hall–Kier alpha value is -1.22. The summed E-state index contributed by atoms with van der Waals surface area (Å²) in [6.45, 7) is 2.26. The number of hydrogen-bond donors (Lipinski definition) is 0. The second kappa shape index (κ2) is 8.88. The minimum absolute atomic E-state index is 0.980. The fourth-order valence-electron chi connectivity index (χ4n) is 2.05. The van der Waals surface area contributed by atoms with Crippen molar-refractivity contribution in [2.75, 3.05) is 0 Å². The second-order valence-electron chi connectivity index (χ2n) is 4.71. The maximum absolute atomic E-state index is 5.33. The van der Waals surface area contributed by atoms with Crippen LogP contribution in [-0.4, -0.2) is 0 Å². The van der Waals surface area contributed by atoms with E-state index in [0.29, 0.717) is 0 Å². The van der Waals surface area contributed by atoms with Gasteiger partial charge in [-0.25, -0.2) is 0 Å². The lowest BCUT2D eigenvalue weighted by Gasteiger charge is -2.02. The van der Waals surface area contributed by atoms with E-state index in [-0.39, 0.29) is 0 Å². The minimum Gasteiger partial charge on any atom is -0.115 e. The first-order valence-electron chi connectivity index (χ1n) is 6.92. The summed E-state index contributed by atoms with van der Waals surface area (Å²) in [7, 11) is 0. The molecule has 0 radical (unpaired) electrons. The van der Waals surface area contributed by atoms with Crippen LogP contribution in [-0.2, 0) is 6.42 Å². The molecule has 1 aromatic carbocycles. The van der Waals surface area contributed by atoms with Crippen LogP contribution in [0.5, 0.6) is 0 Å². The van der Waals surface area contributed by atoms with E-state index in [2.05, 4.69) is 25.0 Å². The molecule has 0 aromatic heterocycles. The summed E-state index contributed by atoms with van der Waals surface area (Å²) in [6.07, 6.45) is 16.1. The third-order valence-electron chi connectivity index (χ3n) is 3.19. The average Bonchev–Trinajstić information content (AvgIpc) is 2.38. The van der Waals surface area contributed by atoms with Crippen molar-refractivity contribution >= 4 is 0 Å². The van der Waals surface area contributed by atoms with E-state index < -0.39 is 0 Å². The molecule has 0 aliphatic rings. The zero-order chi connectivity index (χ0) is 12.3. The predicted molar refractivity (Wildman–Crippen MR) is 76.1 cm³/mol. The number of terminal acetylenes is 1. The van der Waals surface area contributed by atoms with E-state index in [1.807, 2.05) is 12.1 Å². The van der Waals surface area contributed by atoms with E-state index in [1.165, 1.54) is 56.9 Å². The second-order valence-corrected chi connectivity index (χ2v) is 4.71. The van der Waals surface area contributed by atoms with Crippen LogP contribution >= 0.6 is 0 Å². The van der Waals surface area contributed by atoms with E-state index >= 15 is 0 Å². The van der Waals surface area contributed by atoms with Crippen molar-refractivity contribution in [3.05, 3.63) is 35.4 Å². The highest BCUT2D eigenvalue weighted by Crippen LogP contribution is 2.11. The van der Waals surface area contributed by atoms with Crippen LogP contribution < -0.4 is 0 Å². The molecule has 17 heavy (non-hydrogen) atoms. The van der Waals surface area contributed by atoms with Crippen LogP contribution in [0.2, 0.25) is 0 Å². The molecule has 0 saturated heterocycles. The Kier molecular flexibility index (Phi) is 7.23. The summed E-state index contributed by atoms with van der Waals surface area (Å²) in [5.74, 6) is 2.65. The topological polar surface area (TPSA) is 0 Å². The first-order chi connectivity index (χ1) is 8.36. The van der Waals surface area contributed by atoms with Crippen LogP contribution in [0, 0.1) is 12.3 Å². The van der Waals surface area contributed by atoms with Gasteiger partial charge in [-0.3, -0.25) is 0 Å². The number of unbranched alkanes of at least 4 members (excludes halogenated alkanes) is 6. The molecule has 0 amide bonds. The lowest BCUT2D eigenvalue weighted by Crippen LogP contribution is -1.86. The zero-order valence-corrected chi connectivity index (χ0v) is 11.0. The first kappa shape index (κ1) is 13.8. The lowest BCUT2D eigenvalue weighted by molar-refractivity contribution is 0.589. The van der Waals surface area contributed by atoms with Gasteiger partial charge in [0, 0.05) is 5.56 Å². The normalized spacial score (nSPS) is 10.1. The Balaban J connectivity index is 2.08. The van der Waals surface area contributed by atoms with Gasteiger partial charge in [-0.15, -0.1) is 6.42 Å². The quantitative estimate of drug-likeness (QED) is 0.436. The van der Waals surface area contributed by atoms with Crippen molar-refractivity contribution < 1.29 is 0 Å². The molecule has 0 fully saturated rings. The van der Waals surface area contributed by atoms with Gasteiger partial charge in [0.25, 0.3) is 0 Å². The number of hydrogen-bond acceptors (Lipinski definition) is 0. The van der Waals surface area contributed by atoms with Crippen LogP contribution in [0.3, 0.4) is 0 Å². The Morgan fingerprint density at radius 3 is 2.06 bits per heavy atom.